The van der Waals surface area contributed by atoms with Gasteiger partial charge in [0.25, 0.3) is 0 Å². The summed E-state index contributed by atoms with van der Waals surface area (Å²) in [6, 6.07) is 34.2. The Morgan fingerprint density at radius 3 is 1.41 bits per heavy atom. The van der Waals surface area contributed by atoms with Crippen molar-refractivity contribution in [2.75, 3.05) is 51.9 Å². The monoisotopic (exact) mass is 864 g/mol. The number of hydrogen-bond acceptors (Lipinski definition) is 7. The average Bonchev–Trinajstić information content (AvgIpc) is 3.49. The van der Waals surface area contributed by atoms with Gasteiger partial charge in [0.05, 0.1) is 19.1 Å². The molecular weight excluding hydrogens is 805 g/mol. The molecule has 0 amide bonds. The molecule has 2 aliphatic carbocycles. The highest BCUT2D eigenvalue weighted by Crippen LogP contribution is 2.47. The molecule has 2 heterocycles. The second-order valence-corrected chi connectivity index (χ2v) is 20.8. The summed E-state index contributed by atoms with van der Waals surface area (Å²) in [5.41, 5.74) is 12.5. The van der Waals surface area contributed by atoms with Crippen LogP contribution in [0.5, 0.6) is 0 Å². The number of nitrogens with zero attached hydrogens (tertiary/aromatic N) is 2. The minimum atomic E-state index is -3.16. The second-order valence-electron chi connectivity index (χ2n) is 16.9. The lowest BCUT2D eigenvalue weighted by molar-refractivity contribution is -0.142. The molecule has 2 unspecified atom stereocenters. The molecule has 324 valence electrons. The van der Waals surface area contributed by atoms with Gasteiger partial charge in [-0.1, -0.05) is 109 Å². The number of carbonyl (C=O) groups is 1. The van der Waals surface area contributed by atoms with E-state index in [-0.39, 0.29) is 24.4 Å². The van der Waals surface area contributed by atoms with Crippen molar-refractivity contribution in [2.45, 2.75) is 70.1 Å². The zero-order chi connectivity index (χ0) is 43.1. The van der Waals surface area contributed by atoms with Gasteiger partial charge < -0.3 is 9.84 Å². The fourth-order valence-corrected chi connectivity index (χ4v) is 11.8. The molecule has 0 saturated carbocycles. The molecule has 0 radical (unpaired) electrons. The standard InChI is InChI=1S/C26H31NO4S.C24H29NO3S/c1-3-31-25(28)13-12-21-18-20-8-4-5-10-23(20)26(24-11-7-6-9-22(21)24)19-14-16-27(17-15-19)32(2,29)30;1-29(27,28)25-14-12-18(13-15-25)24-22-10-3-2-7-20(22)17-19(8-6-16-26)21-9-4-5-11-23(21)24/h4-11,18-19,26H,3,12-17H2,1-2H3;2-5,7,9-11,17-18,24,26H,6,8,12-16H2,1H3. The summed E-state index contributed by atoms with van der Waals surface area (Å²) in [7, 11) is -6.29. The highest BCUT2D eigenvalue weighted by molar-refractivity contribution is 7.88. The molecule has 2 fully saturated rings. The molecule has 4 aliphatic rings. The molecule has 2 atom stereocenters. The molecule has 0 aromatic heterocycles. The zero-order valence-electron chi connectivity index (χ0n) is 35.7. The van der Waals surface area contributed by atoms with E-state index in [1.54, 1.807) is 8.61 Å². The fraction of sp³-hybridized carbons (Fsp3) is 0.420. The molecule has 4 aromatic carbocycles. The van der Waals surface area contributed by atoms with Crippen LogP contribution < -0.4 is 0 Å². The molecule has 2 aliphatic heterocycles. The van der Waals surface area contributed by atoms with Crippen LogP contribution in [0.4, 0.5) is 0 Å². The Morgan fingerprint density at radius 2 is 1.00 bits per heavy atom. The molecule has 1 N–H and O–H groups in total. The van der Waals surface area contributed by atoms with Gasteiger partial charge >= 0.3 is 5.97 Å². The molecule has 4 aromatic rings. The maximum Gasteiger partial charge on any atom is 0.306 e. The quantitative estimate of drug-likeness (QED) is 0.150. The lowest BCUT2D eigenvalue weighted by atomic mass is 9.74. The van der Waals surface area contributed by atoms with Gasteiger partial charge in [0.2, 0.25) is 20.0 Å². The molecule has 61 heavy (non-hydrogen) atoms. The number of aliphatic hydroxyl groups excluding tert-OH is 1. The minimum absolute atomic E-state index is 0.173. The maximum atomic E-state index is 12.0. The van der Waals surface area contributed by atoms with Crippen LogP contribution in [0.1, 0.15) is 115 Å². The highest BCUT2D eigenvalue weighted by atomic mass is 32.2. The molecule has 2 saturated heterocycles. The predicted octanol–water partition coefficient (Wildman–Crippen LogP) is 8.80. The summed E-state index contributed by atoms with van der Waals surface area (Å²) < 4.78 is 56.3. The van der Waals surface area contributed by atoms with E-state index < -0.39 is 20.0 Å². The van der Waals surface area contributed by atoms with Crippen LogP contribution >= 0.6 is 0 Å². The van der Waals surface area contributed by atoms with E-state index in [1.165, 1.54) is 62.6 Å². The van der Waals surface area contributed by atoms with Crippen LogP contribution in [0.25, 0.3) is 23.3 Å². The Kier molecular flexibility index (Phi) is 14.5. The number of carbonyl (C=O) groups excluding carboxylic acids is 1. The summed E-state index contributed by atoms with van der Waals surface area (Å²) in [6.07, 6.45) is 13.1. The largest absolute Gasteiger partial charge is 0.466 e. The lowest BCUT2D eigenvalue weighted by Gasteiger charge is -2.36. The van der Waals surface area contributed by atoms with Crippen LogP contribution in [0.3, 0.4) is 0 Å². The van der Waals surface area contributed by atoms with Crippen molar-refractivity contribution in [3.8, 4) is 0 Å². The number of piperidine rings is 2. The van der Waals surface area contributed by atoms with Crippen molar-refractivity contribution in [3.63, 3.8) is 0 Å². The third-order valence-corrected chi connectivity index (χ3v) is 15.6. The molecule has 0 spiro atoms. The van der Waals surface area contributed by atoms with Crippen LogP contribution in [-0.2, 0) is 29.6 Å². The van der Waals surface area contributed by atoms with Gasteiger partial charge in [-0.2, -0.15) is 0 Å². The lowest BCUT2D eigenvalue weighted by Crippen LogP contribution is -2.39. The molecule has 8 rings (SSSR count). The molecule has 0 bridgehead atoms. The van der Waals surface area contributed by atoms with E-state index in [4.69, 9.17) is 4.74 Å². The van der Waals surface area contributed by atoms with E-state index in [2.05, 4.69) is 109 Å². The summed E-state index contributed by atoms with van der Waals surface area (Å²) in [5, 5.41) is 9.38. The second kappa shape index (κ2) is 19.8. The number of fused-ring (bicyclic) bond motifs is 4. The summed E-state index contributed by atoms with van der Waals surface area (Å²) in [5.74, 6) is 1.04. The van der Waals surface area contributed by atoms with Gasteiger partial charge in [-0.15, -0.1) is 0 Å². The van der Waals surface area contributed by atoms with Crippen LogP contribution in [-0.4, -0.2) is 88.4 Å². The van der Waals surface area contributed by atoms with Gasteiger partial charge in [0, 0.05) is 51.0 Å². The van der Waals surface area contributed by atoms with Gasteiger partial charge in [-0.25, -0.2) is 25.4 Å². The maximum absolute atomic E-state index is 12.0. The van der Waals surface area contributed by atoms with Crippen molar-refractivity contribution >= 4 is 49.3 Å². The molecular formula is C50H60N2O7S2. The van der Waals surface area contributed by atoms with E-state index >= 15 is 0 Å². The normalized spacial score (nSPS) is 19.9. The first-order valence-corrected chi connectivity index (χ1v) is 25.5. The van der Waals surface area contributed by atoms with E-state index in [0.717, 1.165) is 44.1 Å². The van der Waals surface area contributed by atoms with Gasteiger partial charge in [-0.05, 0) is 119 Å². The third-order valence-electron chi connectivity index (χ3n) is 13.0. The summed E-state index contributed by atoms with van der Waals surface area (Å²) in [6.45, 7) is 4.72. The number of allylic oxidation sites excluding steroid dienone is 2. The Morgan fingerprint density at radius 1 is 0.607 bits per heavy atom. The van der Waals surface area contributed by atoms with Gasteiger partial charge in [0.15, 0.2) is 0 Å². The summed E-state index contributed by atoms with van der Waals surface area (Å²) >= 11 is 0. The van der Waals surface area contributed by atoms with Crippen molar-refractivity contribution in [1.82, 2.24) is 8.61 Å². The number of esters is 1. The molecule has 9 nitrogen and oxygen atoms in total. The number of ether oxygens (including phenoxy) is 1. The van der Waals surface area contributed by atoms with Crippen LogP contribution in [0.2, 0.25) is 0 Å². The first-order chi connectivity index (χ1) is 29.4. The number of hydrogen-bond donors (Lipinski definition) is 1. The third kappa shape index (κ3) is 10.5. The topological polar surface area (TPSA) is 121 Å². The number of aliphatic hydroxyl groups is 1. The van der Waals surface area contributed by atoms with E-state index in [1.807, 2.05) is 6.92 Å². The summed E-state index contributed by atoms with van der Waals surface area (Å²) in [4.78, 5) is 12.0. The number of sulfonamides is 2. The first kappa shape index (κ1) is 44.7. The SMILES string of the molecule is CCOC(=O)CCC1=Cc2ccccc2C(C2CCN(S(C)(=O)=O)CC2)c2ccccc21.CS(=O)(=O)N1CCC(C2c3ccccc3C=C(CCCO)c3ccccc32)CC1. The average molecular weight is 865 g/mol. The van der Waals surface area contributed by atoms with Crippen molar-refractivity contribution in [3.05, 3.63) is 142 Å². The predicted molar refractivity (Wildman–Crippen MR) is 246 cm³/mol. The number of benzene rings is 4. The Hall–Kier alpha value is -4.39. The minimum Gasteiger partial charge on any atom is -0.466 e. The van der Waals surface area contributed by atoms with Crippen molar-refractivity contribution < 1.29 is 31.5 Å². The van der Waals surface area contributed by atoms with Crippen molar-refractivity contribution in [1.29, 1.82) is 0 Å². The van der Waals surface area contributed by atoms with Crippen molar-refractivity contribution in [2.24, 2.45) is 11.8 Å². The fourth-order valence-electron chi connectivity index (χ4n) is 10.1. The highest BCUT2D eigenvalue weighted by Gasteiger charge is 2.36. The smallest absolute Gasteiger partial charge is 0.306 e. The Balaban J connectivity index is 0.000000185. The zero-order valence-corrected chi connectivity index (χ0v) is 37.3. The van der Waals surface area contributed by atoms with Gasteiger partial charge in [-0.3, -0.25) is 4.79 Å². The van der Waals surface area contributed by atoms with E-state index in [0.29, 0.717) is 57.5 Å². The molecule has 11 heteroatoms. The Labute approximate surface area is 363 Å². The Bertz CT molecular complexity index is 2460. The number of rotatable bonds is 11. The van der Waals surface area contributed by atoms with Crippen LogP contribution in [0, 0.1) is 11.8 Å². The van der Waals surface area contributed by atoms with Gasteiger partial charge in [0.1, 0.15) is 0 Å². The van der Waals surface area contributed by atoms with E-state index in [9.17, 15) is 26.7 Å². The first-order valence-electron chi connectivity index (χ1n) is 21.8. The van der Waals surface area contributed by atoms with Crippen LogP contribution in [0.15, 0.2) is 97.1 Å².